The molecule has 2 fully saturated rings. The first-order valence-electron chi connectivity index (χ1n) is 8.01. The number of halogens is 1. The van der Waals surface area contributed by atoms with Crippen molar-refractivity contribution < 1.29 is 14.3 Å². The lowest BCUT2D eigenvalue weighted by Gasteiger charge is -2.38. The van der Waals surface area contributed by atoms with Crippen LogP contribution in [0.3, 0.4) is 0 Å². The van der Waals surface area contributed by atoms with Crippen molar-refractivity contribution in [3.63, 3.8) is 0 Å². The SMILES string of the molecule is O=C1CCC(C(=O)NCC2(c3ccccc3Cl)CCOCC2)N1. The van der Waals surface area contributed by atoms with Gasteiger partial charge < -0.3 is 15.4 Å². The molecule has 0 saturated carbocycles. The van der Waals surface area contributed by atoms with Gasteiger partial charge in [0.2, 0.25) is 11.8 Å². The van der Waals surface area contributed by atoms with Gasteiger partial charge in [-0.2, -0.15) is 0 Å². The minimum atomic E-state index is -0.411. The minimum absolute atomic E-state index is 0.0583. The Balaban J connectivity index is 1.74. The first-order chi connectivity index (χ1) is 11.1. The van der Waals surface area contributed by atoms with E-state index in [4.69, 9.17) is 16.3 Å². The van der Waals surface area contributed by atoms with E-state index in [0.29, 0.717) is 32.6 Å². The summed E-state index contributed by atoms with van der Waals surface area (Å²) in [5, 5.41) is 6.44. The summed E-state index contributed by atoms with van der Waals surface area (Å²) in [5.74, 6) is -0.175. The molecule has 2 saturated heterocycles. The Labute approximate surface area is 140 Å². The molecule has 1 unspecified atom stereocenters. The second-order valence-corrected chi connectivity index (χ2v) is 6.66. The van der Waals surface area contributed by atoms with Crippen molar-refractivity contribution in [1.29, 1.82) is 0 Å². The maximum absolute atomic E-state index is 12.3. The molecule has 2 aliphatic rings. The smallest absolute Gasteiger partial charge is 0.242 e. The van der Waals surface area contributed by atoms with Crippen LogP contribution in [0.4, 0.5) is 0 Å². The molecule has 2 aliphatic heterocycles. The summed E-state index contributed by atoms with van der Waals surface area (Å²) in [6.45, 7) is 1.81. The van der Waals surface area contributed by atoms with Crippen LogP contribution in [0.25, 0.3) is 0 Å². The molecule has 6 heteroatoms. The molecule has 2 amide bonds. The normalized spacial score (nSPS) is 23.3. The van der Waals surface area contributed by atoms with Gasteiger partial charge in [0.25, 0.3) is 0 Å². The molecule has 5 nitrogen and oxygen atoms in total. The van der Waals surface area contributed by atoms with Gasteiger partial charge in [0, 0.05) is 36.6 Å². The highest BCUT2D eigenvalue weighted by atomic mass is 35.5. The molecule has 2 heterocycles. The van der Waals surface area contributed by atoms with E-state index in [1.807, 2.05) is 24.3 Å². The van der Waals surface area contributed by atoms with Crippen molar-refractivity contribution >= 4 is 23.4 Å². The summed E-state index contributed by atoms with van der Waals surface area (Å²) in [6, 6.07) is 7.37. The number of nitrogens with one attached hydrogen (secondary N) is 2. The van der Waals surface area contributed by atoms with Crippen molar-refractivity contribution in [2.75, 3.05) is 19.8 Å². The van der Waals surface area contributed by atoms with Crippen molar-refractivity contribution in [1.82, 2.24) is 10.6 Å². The van der Waals surface area contributed by atoms with Crippen molar-refractivity contribution in [2.24, 2.45) is 0 Å². The van der Waals surface area contributed by atoms with E-state index >= 15 is 0 Å². The highest BCUT2D eigenvalue weighted by Gasteiger charge is 2.37. The molecule has 124 valence electrons. The molecule has 1 aromatic rings. The summed E-state index contributed by atoms with van der Waals surface area (Å²) >= 11 is 6.40. The van der Waals surface area contributed by atoms with E-state index in [1.165, 1.54) is 0 Å². The Morgan fingerprint density at radius 1 is 1.35 bits per heavy atom. The molecule has 2 N–H and O–H groups in total. The third kappa shape index (κ3) is 3.51. The zero-order valence-corrected chi connectivity index (χ0v) is 13.7. The maximum atomic E-state index is 12.3. The molecule has 0 aliphatic carbocycles. The lowest BCUT2D eigenvalue weighted by atomic mass is 9.74. The van der Waals surface area contributed by atoms with Gasteiger partial charge >= 0.3 is 0 Å². The fourth-order valence-electron chi connectivity index (χ4n) is 3.39. The lowest BCUT2D eigenvalue weighted by Crippen LogP contribution is -2.49. The average molecular weight is 337 g/mol. The van der Waals surface area contributed by atoms with E-state index in [9.17, 15) is 9.59 Å². The van der Waals surface area contributed by atoms with E-state index in [1.54, 1.807) is 0 Å². The van der Waals surface area contributed by atoms with Crippen LogP contribution in [0, 0.1) is 0 Å². The minimum Gasteiger partial charge on any atom is -0.381 e. The van der Waals surface area contributed by atoms with E-state index in [0.717, 1.165) is 23.4 Å². The number of amides is 2. The van der Waals surface area contributed by atoms with Gasteiger partial charge in [-0.1, -0.05) is 29.8 Å². The lowest BCUT2D eigenvalue weighted by molar-refractivity contribution is -0.126. The number of benzene rings is 1. The zero-order valence-electron chi connectivity index (χ0n) is 12.9. The van der Waals surface area contributed by atoms with Crippen molar-refractivity contribution in [2.45, 2.75) is 37.1 Å². The van der Waals surface area contributed by atoms with E-state index in [2.05, 4.69) is 10.6 Å². The van der Waals surface area contributed by atoms with Gasteiger partial charge in [-0.25, -0.2) is 0 Å². The largest absolute Gasteiger partial charge is 0.381 e. The third-order valence-corrected chi connectivity index (χ3v) is 5.14. The quantitative estimate of drug-likeness (QED) is 0.880. The fraction of sp³-hybridized carbons (Fsp3) is 0.529. The molecule has 23 heavy (non-hydrogen) atoms. The van der Waals surface area contributed by atoms with E-state index < -0.39 is 6.04 Å². The number of ether oxygens (including phenoxy) is 1. The molecule has 3 rings (SSSR count). The van der Waals surface area contributed by atoms with Crippen LogP contribution in [-0.4, -0.2) is 37.6 Å². The molecule has 0 radical (unpaired) electrons. The summed E-state index contributed by atoms with van der Waals surface area (Å²) in [4.78, 5) is 23.6. The maximum Gasteiger partial charge on any atom is 0.242 e. The predicted octanol–water partition coefficient (Wildman–Crippen LogP) is 1.78. The van der Waals surface area contributed by atoms with Crippen LogP contribution in [0.15, 0.2) is 24.3 Å². The topological polar surface area (TPSA) is 67.4 Å². The van der Waals surface area contributed by atoms with Crippen LogP contribution >= 0.6 is 11.6 Å². The van der Waals surface area contributed by atoms with Crippen LogP contribution in [-0.2, 0) is 19.7 Å². The Morgan fingerprint density at radius 3 is 2.74 bits per heavy atom. The van der Waals surface area contributed by atoms with Crippen LogP contribution in [0.1, 0.15) is 31.2 Å². The highest BCUT2D eigenvalue weighted by molar-refractivity contribution is 6.31. The number of carbonyl (C=O) groups excluding carboxylic acids is 2. The van der Waals surface area contributed by atoms with Gasteiger partial charge in [0.1, 0.15) is 6.04 Å². The van der Waals surface area contributed by atoms with E-state index in [-0.39, 0.29) is 17.2 Å². The number of hydrogen-bond donors (Lipinski definition) is 2. The predicted molar refractivity (Wildman–Crippen MR) is 87.4 cm³/mol. The highest BCUT2D eigenvalue weighted by Crippen LogP contribution is 2.38. The van der Waals surface area contributed by atoms with Crippen LogP contribution in [0.2, 0.25) is 5.02 Å². The molecule has 0 bridgehead atoms. The first-order valence-corrected chi connectivity index (χ1v) is 8.38. The molecule has 1 atom stereocenters. The second kappa shape index (κ2) is 6.89. The molecular weight excluding hydrogens is 316 g/mol. The second-order valence-electron chi connectivity index (χ2n) is 6.25. The average Bonchev–Trinajstić information content (AvgIpc) is 3.00. The Hall–Kier alpha value is -1.59. The zero-order chi connectivity index (χ0) is 16.3. The first kappa shape index (κ1) is 16.3. The van der Waals surface area contributed by atoms with Crippen molar-refractivity contribution in [3.05, 3.63) is 34.9 Å². The van der Waals surface area contributed by atoms with Crippen LogP contribution in [0.5, 0.6) is 0 Å². The van der Waals surface area contributed by atoms with Gasteiger partial charge in [-0.15, -0.1) is 0 Å². The fourth-order valence-corrected chi connectivity index (χ4v) is 3.72. The Kier molecular flexibility index (Phi) is 4.87. The van der Waals surface area contributed by atoms with Gasteiger partial charge in [-0.05, 0) is 30.9 Å². The number of carbonyl (C=O) groups is 2. The van der Waals surface area contributed by atoms with Gasteiger partial charge in [0.05, 0.1) is 0 Å². The van der Waals surface area contributed by atoms with Crippen LogP contribution < -0.4 is 10.6 Å². The Morgan fingerprint density at radius 2 is 2.09 bits per heavy atom. The Bertz CT molecular complexity index is 599. The number of rotatable bonds is 4. The number of hydrogen-bond acceptors (Lipinski definition) is 3. The summed E-state index contributed by atoms with van der Waals surface area (Å²) in [7, 11) is 0. The van der Waals surface area contributed by atoms with Gasteiger partial charge in [0.15, 0.2) is 0 Å². The monoisotopic (exact) mass is 336 g/mol. The molecule has 0 spiro atoms. The molecule has 0 aromatic heterocycles. The summed E-state index contributed by atoms with van der Waals surface area (Å²) in [6.07, 6.45) is 2.61. The van der Waals surface area contributed by atoms with Gasteiger partial charge in [-0.3, -0.25) is 9.59 Å². The standard InChI is InChI=1S/C17H21ClN2O3/c18-13-4-2-1-3-12(13)17(7-9-23-10-8-17)11-19-16(22)14-5-6-15(21)20-14/h1-4,14H,5-11H2,(H,19,22)(H,20,21). The summed E-state index contributed by atoms with van der Waals surface area (Å²) < 4.78 is 5.49. The molecule has 1 aromatic carbocycles. The summed E-state index contributed by atoms with van der Waals surface area (Å²) in [5.41, 5.74) is 0.843. The molecular formula is C17H21ClN2O3. The van der Waals surface area contributed by atoms with Crippen molar-refractivity contribution in [3.8, 4) is 0 Å². The third-order valence-electron chi connectivity index (χ3n) is 4.81.